The topological polar surface area (TPSA) is 72.3 Å². The Hall–Kier alpha value is -2.87. The molecule has 34 heavy (non-hydrogen) atoms. The van der Waals surface area contributed by atoms with Crippen LogP contribution < -0.4 is 10.1 Å². The van der Waals surface area contributed by atoms with Crippen LogP contribution in [0.25, 0.3) is 10.9 Å². The second-order valence-corrected chi connectivity index (χ2v) is 11.2. The minimum Gasteiger partial charge on any atom is -0.474 e. The van der Waals surface area contributed by atoms with Gasteiger partial charge in [-0.2, -0.15) is 4.98 Å². The van der Waals surface area contributed by atoms with Crippen LogP contribution >= 0.6 is 11.3 Å². The average molecular weight is 480 g/mol. The van der Waals surface area contributed by atoms with Crippen molar-refractivity contribution in [3.05, 3.63) is 42.1 Å². The van der Waals surface area contributed by atoms with E-state index >= 15 is 0 Å². The van der Waals surface area contributed by atoms with Gasteiger partial charge in [0.05, 0.1) is 10.9 Å². The largest absolute Gasteiger partial charge is 0.474 e. The van der Waals surface area contributed by atoms with Gasteiger partial charge in [0.1, 0.15) is 11.9 Å². The molecule has 1 saturated carbocycles. The molecule has 3 aromatic heterocycles. The third kappa shape index (κ3) is 4.31. The normalized spacial score (nSPS) is 22.2. The van der Waals surface area contributed by atoms with E-state index in [4.69, 9.17) is 9.72 Å². The van der Waals surface area contributed by atoms with Crippen molar-refractivity contribution < 1.29 is 9.53 Å². The number of hydrogen-bond acceptors (Lipinski definition) is 6. The van der Waals surface area contributed by atoms with E-state index in [0.29, 0.717) is 11.8 Å². The van der Waals surface area contributed by atoms with Crippen LogP contribution in [0, 0.1) is 12.8 Å². The van der Waals surface area contributed by atoms with Crippen molar-refractivity contribution in [2.45, 2.75) is 71.1 Å². The van der Waals surface area contributed by atoms with Crippen LogP contribution in [0.3, 0.4) is 0 Å². The number of hydrogen-bond donors (Lipinski definition) is 1. The molecule has 1 aliphatic heterocycles. The van der Waals surface area contributed by atoms with Crippen LogP contribution in [0.5, 0.6) is 5.88 Å². The lowest BCUT2D eigenvalue weighted by Gasteiger charge is -2.34. The highest BCUT2D eigenvalue weighted by molar-refractivity contribution is 7.15. The van der Waals surface area contributed by atoms with Gasteiger partial charge in [-0.25, -0.2) is 4.98 Å². The molecule has 3 aromatic rings. The maximum Gasteiger partial charge on any atom is 0.246 e. The number of ether oxygens (including phenoxy) is 1. The van der Waals surface area contributed by atoms with Crippen molar-refractivity contribution in [1.29, 1.82) is 0 Å². The minimum atomic E-state index is -0.104. The summed E-state index contributed by atoms with van der Waals surface area (Å²) in [7, 11) is 0. The minimum absolute atomic E-state index is 0.0275. The van der Waals surface area contributed by atoms with Crippen molar-refractivity contribution in [3.63, 3.8) is 0 Å². The molecule has 2 aliphatic rings. The molecular weight excluding hydrogens is 446 g/mol. The lowest BCUT2D eigenvalue weighted by Crippen LogP contribution is -2.45. The van der Waals surface area contributed by atoms with Gasteiger partial charge < -0.3 is 19.5 Å². The van der Waals surface area contributed by atoms with Crippen LogP contribution in [0.1, 0.15) is 50.8 Å². The highest BCUT2D eigenvalue weighted by Gasteiger charge is 2.48. The molecule has 2 fully saturated rings. The van der Waals surface area contributed by atoms with Crippen LogP contribution in [0.2, 0.25) is 0 Å². The third-order valence-electron chi connectivity index (χ3n) is 7.01. The molecule has 1 aliphatic carbocycles. The number of carbonyl (C=O) groups excluding carboxylic acids is 1. The number of carbonyl (C=O) groups is 1. The summed E-state index contributed by atoms with van der Waals surface area (Å²) >= 11 is 1.61. The van der Waals surface area contributed by atoms with Gasteiger partial charge in [0.15, 0.2) is 5.13 Å². The highest BCUT2D eigenvalue weighted by Crippen LogP contribution is 2.45. The Morgan fingerprint density at radius 1 is 1.44 bits per heavy atom. The van der Waals surface area contributed by atoms with Crippen molar-refractivity contribution >= 4 is 39.1 Å². The zero-order chi connectivity index (χ0) is 23.9. The summed E-state index contributed by atoms with van der Waals surface area (Å²) in [4.78, 5) is 24.9. The van der Waals surface area contributed by atoms with E-state index < -0.39 is 0 Å². The SMILES string of the molecule is C=CC(=O)N1CCCC12CCC(Oc1nc(Nc3ncc(C)s3)cc3c1ccn3CC(C)C)C2. The lowest BCUT2D eigenvalue weighted by atomic mass is 9.94. The molecular formula is C26H33N5O2S. The second-order valence-electron chi connectivity index (χ2n) is 10.0. The lowest BCUT2D eigenvalue weighted by molar-refractivity contribution is -0.130. The fourth-order valence-corrected chi connectivity index (χ4v) is 6.24. The van der Waals surface area contributed by atoms with E-state index in [2.05, 4.69) is 53.6 Å². The Balaban J connectivity index is 1.44. The second kappa shape index (κ2) is 9.06. The summed E-state index contributed by atoms with van der Waals surface area (Å²) < 4.78 is 8.86. The molecule has 8 heteroatoms. The smallest absolute Gasteiger partial charge is 0.246 e. The molecule has 0 radical (unpaired) electrons. The number of nitrogens with zero attached hydrogens (tertiary/aromatic N) is 4. The van der Waals surface area contributed by atoms with E-state index in [1.165, 1.54) is 6.08 Å². The van der Waals surface area contributed by atoms with Gasteiger partial charge in [0, 0.05) is 48.4 Å². The van der Waals surface area contributed by atoms with E-state index in [9.17, 15) is 4.79 Å². The fourth-order valence-electron chi connectivity index (χ4n) is 5.57. The molecule has 5 rings (SSSR count). The summed E-state index contributed by atoms with van der Waals surface area (Å²) in [6, 6.07) is 4.18. The van der Waals surface area contributed by atoms with Crippen LogP contribution in [-0.4, -0.2) is 43.5 Å². The number of amides is 1. The number of fused-ring (bicyclic) bond motifs is 1. The van der Waals surface area contributed by atoms with Crippen LogP contribution in [-0.2, 0) is 11.3 Å². The summed E-state index contributed by atoms with van der Waals surface area (Å²) in [6.45, 7) is 11.9. The van der Waals surface area contributed by atoms with Crippen molar-refractivity contribution in [2.24, 2.45) is 5.92 Å². The Morgan fingerprint density at radius 2 is 2.29 bits per heavy atom. The molecule has 4 heterocycles. The predicted molar refractivity (Wildman–Crippen MR) is 137 cm³/mol. The number of aromatic nitrogens is 3. The summed E-state index contributed by atoms with van der Waals surface area (Å²) in [5.41, 5.74) is 0.999. The van der Waals surface area contributed by atoms with Gasteiger partial charge in [0.25, 0.3) is 0 Å². The molecule has 2 unspecified atom stereocenters. The monoisotopic (exact) mass is 479 g/mol. The Kier molecular flexibility index (Phi) is 6.10. The van der Waals surface area contributed by atoms with Crippen molar-refractivity contribution in [1.82, 2.24) is 19.4 Å². The molecule has 0 bridgehead atoms. The average Bonchev–Trinajstić information content (AvgIpc) is 3.58. The maximum absolute atomic E-state index is 12.5. The summed E-state index contributed by atoms with van der Waals surface area (Å²) in [6.07, 6.45) is 10.2. The van der Waals surface area contributed by atoms with Crippen molar-refractivity contribution in [3.8, 4) is 5.88 Å². The van der Waals surface area contributed by atoms with E-state index in [1.807, 2.05) is 18.0 Å². The van der Waals surface area contributed by atoms with E-state index in [1.54, 1.807) is 11.3 Å². The number of thiazole rings is 1. The number of rotatable bonds is 7. The van der Waals surface area contributed by atoms with Crippen LogP contribution in [0.4, 0.5) is 10.9 Å². The molecule has 2 atom stereocenters. The zero-order valence-corrected chi connectivity index (χ0v) is 21.0. The third-order valence-corrected chi connectivity index (χ3v) is 7.83. The fraction of sp³-hybridized carbons (Fsp3) is 0.500. The van der Waals surface area contributed by atoms with Gasteiger partial charge in [0.2, 0.25) is 11.8 Å². The first-order chi connectivity index (χ1) is 16.4. The summed E-state index contributed by atoms with van der Waals surface area (Å²) in [5.74, 6) is 1.95. The predicted octanol–water partition coefficient (Wildman–Crippen LogP) is 5.68. The number of anilines is 2. The first-order valence-corrected chi connectivity index (χ1v) is 13.0. The van der Waals surface area contributed by atoms with Gasteiger partial charge in [-0.05, 0) is 50.7 Å². The molecule has 1 spiro atoms. The van der Waals surface area contributed by atoms with E-state index in [-0.39, 0.29) is 17.6 Å². The zero-order valence-electron chi connectivity index (χ0n) is 20.2. The van der Waals surface area contributed by atoms with Crippen LogP contribution in [0.15, 0.2) is 37.2 Å². The first kappa shape index (κ1) is 22.9. The standard InChI is InChI=1S/C26H33N5O2S/c1-5-23(32)31-11-6-9-26(31)10-7-19(14-26)33-24-20-8-12-30(16-17(2)3)21(20)13-22(28-24)29-25-27-15-18(4)34-25/h5,8,12-13,15,17,19H,1,6-7,9-11,14,16H2,2-4H3,(H,27,28,29). The molecule has 1 N–H and O–H groups in total. The Morgan fingerprint density at radius 3 is 3.03 bits per heavy atom. The van der Waals surface area contributed by atoms with Crippen molar-refractivity contribution in [2.75, 3.05) is 11.9 Å². The van der Waals surface area contributed by atoms with Gasteiger partial charge >= 0.3 is 0 Å². The number of aryl methyl sites for hydroxylation is 1. The maximum atomic E-state index is 12.5. The first-order valence-electron chi connectivity index (χ1n) is 12.2. The molecule has 1 amide bonds. The molecule has 1 saturated heterocycles. The van der Waals surface area contributed by atoms with Gasteiger partial charge in [-0.15, -0.1) is 11.3 Å². The Labute approximate surface area is 204 Å². The van der Waals surface area contributed by atoms with E-state index in [0.717, 1.165) is 71.9 Å². The summed E-state index contributed by atoms with van der Waals surface area (Å²) in [5, 5.41) is 5.21. The molecule has 180 valence electrons. The van der Waals surface area contributed by atoms with Gasteiger partial charge in [-0.1, -0.05) is 20.4 Å². The highest BCUT2D eigenvalue weighted by atomic mass is 32.1. The number of pyridine rings is 1. The molecule has 0 aromatic carbocycles. The quantitative estimate of drug-likeness (QED) is 0.442. The number of nitrogens with one attached hydrogen (secondary N) is 1. The van der Waals surface area contributed by atoms with Gasteiger partial charge in [-0.3, -0.25) is 4.79 Å². The number of likely N-dealkylation sites (tertiary alicyclic amines) is 1. The molecule has 7 nitrogen and oxygen atoms in total. The Bertz CT molecular complexity index is 1220.